The third-order valence-corrected chi connectivity index (χ3v) is 3.20. The van der Waals surface area contributed by atoms with Crippen LogP contribution < -0.4 is 0 Å². The topological polar surface area (TPSA) is 23.6 Å². The van der Waals surface area contributed by atoms with E-state index in [1.165, 1.54) is 0 Å². The third-order valence-electron chi connectivity index (χ3n) is 3.20. The average Bonchev–Trinajstić information content (AvgIpc) is 2.78. The Bertz CT molecular complexity index is 361. The number of amides is 1. The molecule has 1 saturated heterocycles. The summed E-state index contributed by atoms with van der Waals surface area (Å²) < 4.78 is 0. The summed E-state index contributed by atoms with van der Waals surface area (Å²) in [5, 5.41) is 0. The molecule has 1 aliphatic heterocycles. The molecule has 2 rings (SSSR count). The Kier molecular flexibility index (Phi) is 3.25. The first-order valence-electron chi connectivity index (χ1n) is 5.69. The van der Waals surface area contributed by atoms with Gasteiger partial charge in [0.25, 0.3) is 5.91 Å². The van der Waals surface area contributed by atoms with Gasteiger partial charge in [-0.3, -0.25) is 4.79 Å². The van der Waals surface area contributed by atoms with Crippen LogP contribution in [0, 0.1) is 0 Å². The van der Waals surface area contributed by atoms with Crippen LogP contribution in [0.1, 0.15) is 16.8 Å². The van der Waals surface area contributed by atoms with Crippen molar-refractivity contribution in [2.24, 2.45) is 0 Å². The van der Waals surface area contributed by atoms with Crippen LogP contribution in [0.4, 0.5) is 0 Å². The molecule has 0 N–H and O–H groups in total. The van der Waals surface area contributed by atoms with Gasteiger partial charge >= 0.3 is 0 Å². The lowest BCUT2D eigenvalue weighted by molar-refractivity contribution is 0.0783. The lowest BCUT2D eigenvalue weighted by Crippen LogP contribution is -2.34. The fourth-order valence-corrected chi connectivity index (χ4v) is 2.11. The van der Waals surface area contributed by atoms with Gasteiger partial charge in [0.2, 0.25) is 0 Å². The predicted molar refractivity (Wildman–Crippen MR) is 64.4 cm³/mol. The minimum Gasteiger partial charge on any atom is -0.337 e. The van der Waals surface area contributed by atoms with Gasteiger partial charge in [0.15, 0.2) is 0 Å². The summed E-state index contributed by atoms with van der Waals surface area (Å²) in [4.78, 5) is 16.3. The Labute approximate surface area is 96.7 Å². The average molecular weight is 218 g/mol. The zero-order valence-electron chi connectivity index (χ0n) is 9.89. The highest BCUT2D eigenvalue weighted by atomic mass is 16.2. The van der Waals surface area contributed by atoms with Crippen molar-refractivity contribution < 1.29 is 4.79 Å². The van der Waals surface area contributed by atoms with E-state index in [9.17, 15) is 4.79 Å². The molecule has 0 spiro atoms. The molecule has 0 unspecified atom stereocenters. The van der Waals surface area contributed by atoms with Crippen molar-refractivity contribution in [1.29, 1.82) is 0 Å². The monoisotopic (exact) mass is 218 g/mol. The molecule has 1 amide bonds. The number of rotatable bonds is 2. The van der Waals surface area contributed by atoms with Crippen LogP contribution in [-0.4, -0.2) is 48.9 Å². The SMILES string of the molecule is CN(C)[C@H]1CCN(C(=O)c2ccccc2)C1. The molecule has 3 heteroatoms. The lowest BCUT2D eigenvalue weighted by Gasteiger charge is -2.20. The second-order valence-electron chi connectivity index (χ2n) is 4.52. The smallest absolute Gasteiger partial charge is 0.253 e. The van der Waals surface area contributed by atoms with Gasteiger partial charge in [-0.15, -0.1) is 0 Å². The molecule has 0 radical (unpaired) electrons. The molecule has 1 atom stereocenters. The maximum absolute atomic E-state index is 12.1. The minimum absolute atomic E-state index is 0.157. The predicted octanol–water partition coefficient (Wildman–Crippen LogP) is 1.46. The normalized spacial score (nSPS) is 20.4. The summed E-state index contributed by atoms with van der Waals surface area (Å²) in [6.45, 7) is 1.72. The van der Waals surface area contributed by atoms with Crippen molar-refractivity contribution in [2.45, 2.75) is 12.5 Å². The Morgan fingerprint density at radius 1 is 1.31 bits per heavy atom. The van der Waals surface area contributed by atoms with Crippen LogP contribution in [0.5, 0.6) is 0 Å². The van der Waals surface area contributed by atoms with Crippen molar-refractivity contribution in [3.63, 3.8) is 0 Å². The maximum atomic E-state index is 12.1. The van der Waals surface area contributed by atoms with Gasteiger partial charge in [0.1, 0.15) is 0 Å². The van der Waals surface area contributed by atoms with Gasteiger partial charge in [0, 0.05) is 24.7 Å². The van der Waals surface area contributed by atoms with Gasteiger partial charge in [0.05, 0.1) is 0 Å². The number of carbonyl (C=O) groups excluding carboxylic acids is 1. The van der Waals surface area contributed by atoms with Crippen LogP contribution >= 0.6 is 0 Å². The summed E-state index contributed by atoms with van der Waals surface area (Å²) in [5.41, 5.74) is 0.793. The molecule has 1 aromatic carbocycles. The summed E-state index contributed by atoms with van der Waals surface area (Å²) >= 11 is 0. The molecular formula is C13H18N2O. The molecule has 0 bridgehead atoms. The van der Waals surface area contributed by atoms with Crippen molar-refractivity contribution in [3.05, 3.63) is 35.9 Å². The van der Waals surface area contributed by atoms with Gasteiger partial charge in [-0.1, -0.05) is 18.2 Å². The number of nitrogens with zero attached hydrogens (tertiary/aromatic N) is 2. The fraction of sp³-hybridized carbons (Fsp3) is 0.462. The molecule has 0 saturated carbocycles. The molecule has 16 heavy (non-hydrogen) atoms. The molecule has 1 heterocycles. The molecule has 1 fully saturated rings. The van der Waals surface area contributed by atoms with Gasteiger partial charge in [-0.2, -0.15) is 0 Å². The number of carbonyl (C=O) groups is 1. The molecule has 3 nitrogen and oxygen atoms in total. The van der Waals surface area contributed by atoms with Crippen molar-refractivity contribution in [3.8, 4) is 0 Å². The number of benzene rings is 1. The highest BCUT2D eigenvalue weighted by Crippen LogP contribution is 2.16. The van der Waals surface area contributed by atoms with E-state index in [4.69, 9.17) is 0 Å². The Morgan fingerprint density at radius 2 is 2.00 bits per heavy atom. The number of likely N-dealkylation sites (tertiary alicyclic amines) is 1. The van der Waals surface area contributed by atoms with Crippen molar-refractivity contribution in [2.75, 3.05) is 27.2 Å². The van der Waals surface area contributed by atoms with Gasteiger partial charge in [-0.25, -0.2) is 0 Å². The Hall–Kier alpha value is -1.35. The van der Waals surface area contributed by atoms with Crippen molar-refractivity contribution in [1.82, 2.24) is 9.80 Å². The van der Waals surface area contributed by atoms with E-state index in [0.717, 1.165) is 25.1 Å². The number of likely N-dealkylation sites (N-methyl/N-ethyl adjacent to an activating group) is 1. The molecular weight excluding hydrogens is 200 g/mol. The largest absolute Gasteiger partial charge is 0.337 e. The first-order chi connectivity index (χ1) is 7.68. The first kappa shape index (κ1) is 11.1. The first-order valence-corrected chi connectivity index (χ1v) is 5.69. The molecule has 1 aromatic rings. The van der Waals surface area contributed by atoms with E-state index in [1.54, 1.807) is 0 Å². The minimum atomic E-state index is 0.157. The molecule has 86 valence electrons. The van der Waals surface area contributed by atoms with Crippen molar-refractivity contribution >= 4 is 5.91 Å². The quantitative estimate of drug-likeness (QED) is 0.750. The summed E-state index contributed by atoms with van der Waals surface area (Å²) in [6, 6.07) is 10.0. The van der Waals surface area contributed by atoms with Gasteiger partial charge in [-0.05, 0) is 32.6 Å². The summed E-state index contributed by atoms with van der Waals surface area (Å²) in [7, 11) is 4.14. The van der Waals surface area contributed by atoms with Crippen LogP contribution in [0.15, 0.2) is 30.3 Å². The number of hydrogen-bond acceptors (Lipinski definition) is 2. The van der Waals surface area contributed by atoms with E-state index < -0.39 is 0 Å². The second-order valence-corrected chi connectivity index (χ2v) is 4.52. The molecule has 0 aromatic heterocycles. The molecule has 1 aliphatic rings. The van der Waals surface area contributed by atoms with E-state index in [0.29, 0.717) is 6.04 Å². The van der Waals surface area contributed by atoms with E-state index in [2.05, 4.69) is 19.0 Å². The summed E-state index contributed by atoms with van der Waals surface area (Å²) in [6.07, 6.45) is 1.07. The van der Waals surface area contributed by atoms with E-state index in [1.807, 2.05) is 35.2 Å². The zero-order valence-corrected chi connectivity index (χ0v) is 9.89. The molecule has 0 aliphatic carbocycles. The van der Waals surface area contributed by atoms with Crippen LogP contribution in [0.3, 0.4) is 0 Å². The third kappa shape index (κ3) is 2.25. The maximum Gasteiger partial charge on any atom is 0.253 e. The zero-order chi connectivity index (χ0) is 11.5. The number of hydrogen-bond donors (Lipinski definition) is 0. The fourth-order valence-electron chi connectivity index (χ4n) is 2.11. The standard InChI is InChI=1S/C13H18N2O/c1-14(2)12-8-9-15(10-12)13(16)11-6-4-3-5-7-11/h3-7,12H,8-10H2,1-2H3/t12-/m0/s1. The van der Waals surface area contributed by atoms with Gasteiger partial charge < -0.3 is 9.80 Å². The van der Waals surface area contributed by atoms with E-state index in [-0.39, 0.29) is 5.91 Å². The van der Waals surface area contributed by atoms with Crippen LogP contribution in [0.25, 0.3) is 0 Å². The highest BCUT2D eigenvalue weighted by Gasteiger charge is 2.27. The lowest BCUT2D eigenvalue weighted by atomic mass is 10.2. The van der Waals surface area contributed by atoms with Crippen LogP contribution in [-0.2, 0) is 0 Å². The second kappa shape index (κ2) is 4.66. The Balaban J connectivity index is 2.03. The highest BCUT2D eigenvalue weighted by molar-refractivity contribution is 5.94. The summed E-state index contributed by atoms with van der Waals surface area (Å²) in [5.74, 6) is 0.157. The van der Waals surface area contributed by atoms with Crippen LogP contribution in [0.2, 0.25) is 0 Å². The van der Waals surface area contributed by atoms with E-state index >= 15 is 0 Å². The Morgan fingerprint density at radius 3 is 2.56 bits per heavy atom.